The molecule has 0 unspecified atom stereocenters. The van der Waals surface area contributed by atoms with Crippen LogP contribution in [0, 0.1) is 0 Å². The number of Topliss-reactive ketones (excluding diaryl/α,β-unsaturated/α-hetero) is 1. The number of aliphatic imine (C=N–C) groups is 1. The summed E-state index contributed by atoms with van der Waals surface area (Å²) in [5, 5.41) is 0. The van der Waals surface area contributed by atoms with Gasteiger partial charge in [0.2, 0.25) is 0 Å². The number of ketones is 1. The van der Waals surface area contributed by atoms with Crippen LogP contribution in [0.1, 0.15) is 23.7 Å². The summed E-state index contributed by atoms with van der Waals surface area (Å²) in [4.78, 5) is 19.2. The molecule has 0 aliphatic rings. The minimum absolute atomic E-state index is 0.0807. The van der Waals surface area contributed by atoms with Gasteiger partial charge in [-0.25, -0.2) is 0 Å². The molecular weight excluding hydrogens is 354 g/mol. The maximum atomic E-state index is 12.4. The summed E-state index contributed by atoms with van der Waals surface area (Å²) in [5.41, 5.74) is 2.39. The molecule has 27 heavy (non-hydrogen) atoms. The van der Waals surface area contributed by atoms with Gasteiger partial charge in [0.15, 0.2) is 5.78 Å². The van der Waals surface area contributed by atoms with Gasteiger partial charge in [0, 0.05) is 27.5 Å². The van der Waals surface area contributed by atoms with Crippen molar-refractivity contribution in [1.29, 1.82) is 0 Å². The molecule has 136 valence electrons. The highest BCUT2D eigenvalue weighted by Crippen LogP contribution is 2.35. The van der Waals surface area contributed by atoms with Gasteiger partial charge in [-0.05, 0) is 43.3 Å². The largest absolute Gasteiger partial charge is 0.497 e. The van der Waals surface area contributed by atoms with Gasteiger partial charge in [-0.1, -0.05) is 54.2 Å². The summed E-state index contributed by atoms with van der Waals surface area (Å²) < 4.78 is 5.21. The first kappa shape index (κ1) is 18.9. The van der Waals surface area contributed by atoms with E-state index in [-0.39, 0.29) is 5.78 Å². The molecular formula is C23H21NO2S. The lowest BCUT2D eigenvalue weighted by atomic mass is 10.1. The third-order valence-corrected chi connectivity index (χ3v) is 5.05. The highest BCUT2D eigenvalue weighted by molar-refractivity contribution is 7.99. The van der Waals surface area contributed by atoms with Crippen molar-refractivity contribution in [3.63, 3.8) is 0 Å². The molecule has 0 saturated carbocycles. The van der Waals surface area contributed by atoms with Crippen molar-refractivity contribution in [2.45, 2.75) is 23.1 Å². The van der Waals surface area contributed by atoms with Crippen LogP contribution in [0.5, 0.6) is 5.75 Å². The van der Waals surface area contributed by atoms with Gasteiger partial charge >= 0.3 is 0 Å². The van der Waals surface area contributed by atoms with Crippen LogP contribution in [0.2, 0.25) is 0 Å². The fourth-order valence-corrected chi connectivity index (χ4v) is 3.50. The number of rotatable bonds is 7. The van der Waals surface area contributed by atoms with Crippen LogP contribution in [0.4, 0.5) is 5.69 Å². The van der Waals surface area contributed by atoms with E-state index in [2.05, 4.69) is 0 Å². The quantitative estimate of drug-likeness (QED) is 0.364. The first-order valence-corrected chi connectivity index (χ1v) is 9.50. The molecule has 3 rings (SSSR count). The molecule has 0 aliphatic heterocycles. The second kappa shape index (κ2) is 9.19. The number of methoxy groups -OCH3 is 1. The van der Waals surface area contributed by atoms with Gasteiger partial charge in [-0.15, -0.1) is 0 Å². The summed E-state index contributed by atoms with van der Waals surface area (Å²) in [6.45, 7) is 1.90. The SMILES string of the molecule is COc1ccc(Sc2ccccc2N=C(C)CC(=O)c2ccccc2)cc1. The number of hydrogen-bond donors (Lipinski definition) is 0. The molecule has 0 aliphatic carbocycles. The molecule has 3 aromatic carbocycles. The Bertz CT molecular complexity index is 934. The Labute approximate surface area is 164 Å². The number of para-hydroxylation sites is 1. The summed E-state index contributed by atoms with van der Waals surface area (Å²) in [7, 11) is 1.66. The van der Waals surface area contributed by atoms with Crippen molar-refractivity contribution in [3.05, 3.63) is 84.4 Å². The molecule has 0 bridgehead atoms. The average molecular weight is 375 g/mol. The normalized spacial score (nSPS) is 11.3. The number of benzene rings is 3. The van der Waals surface area contributed by atoms with Gasteiger partial charge < -0.3 is 4.74 Å². The van der Waals surface area contributed by atoms with Crippen molar-refractivity contribution < 1.29 is 9.53 Å². The van der Waals surface area contributed by atoms with E-state index in [1.54, 1.807) is 18.9 Å². The lowest BCUT2D eigenvalue weighted by Gasteiger charge is -2.08. The first-order chi connectivity index (χ1) is 13.2. The van der Waals surface area contributed by atoms with Crippen molar-refractivity contribution in [2.75, 3.05) is 7.11 Å². The Morgan fingerprint density at radius 3 is 2.30 bits per heavy atom. The fraction of sp³-hybridized carbons (Fsp3) is 0.130. The van der Waals surface area contributed by atoms with Gasteiger partial charge in [0.1, 0.15) is 5.75 Å². The van der Waals surface area contributed by atoms with Crippen LogP contribution >= 0.6 is 11.8 Å². The van der Waals surface area contributed by atoms with E-state index in [0.717, 1.165) is 26.9 Å². The minimum Gasteiger partial charge on any atom is -0.497 e. The number of hydrogen-bond acceptors (Lipinski definition) is 4. The van der Waals surface area contributed by atoms with E-state index in [1.807, 2.05) is 85.8 Å². The predicted molar refractivity (Wildman–Crippen MR) is 112 cm³/mol. The smallest absolute Gasteiger partial charge is 0.168 e. The van der Waals surface area contributed by atoms with Crippen molar-refractivity contribution in [2.24, 2.45) is 4.99 Å². The molecule has 0 saturated heterocycles. The average Bonchev–Trinajstić information content (AvgIpc) is 2.70. The number of carbonyl (C=O) groups excluding carboxylic acids is 1. The lowest BCUT2D eigenvalue weighted by Crippen LogP contribution is -2.04. The minimum atomic E-state index is 0.0807. The molecule has 3 aromatic rings. The molecule has 0 N–H and O–H groups in total. The Balaban J connectivity index is 1.76. The zero-order valence-electron chi connectivity index (χ0n) is 15.4. The molecule has 0 heterocycles. The second-order valence-electron chi connectivity index (χ2n) is 6.06. The number of carbonyl (C=O) groups is 1. The van der Waals surface area contributed by atoms with Gasteiger partial charge in [0.05, 0.1) is 12.8 Å². The summed E-state index contributed by atoms with van der Waals surface area (Å²) in [6, 6.07) is 25.2. The van der Waals surface area contributed by atoms with Gasteiger partial charge in [-0.3, -0.25) is 9.79 Å². The lowest BCUT2D eigenvalue weighted by molar-refractivity contribution is 0.100. The van der Waals surface area contributed by atoms with Crippen molar-refractivity contribution in [3.8, 4) is 5.75 Å². The van der Waals surface area contributed by atoms with E-state index in [0.29, 0.717) is 12.0 Å². The monoisotopic (exact) mass is 375 g/mol. The van der Waals surface area contributed by atoms with Gasteiger partial charge in [-0.2, -0.15) is 0 Å². The number of nitrogens with zero attached hydrogens (tertiary/aromatic N) is 1. The van der Waals surface area contributed by atoms with E-state index >= 15 is 0 Å². The molecule has 4 heteroatoms. The molecule has 0 amide bonds. The first-order valence-electron chi connectivity index (χ1n) is 8.69. The summed E-state index contributed by atoms with van der Waals surface area (Å²) in [5.74, 6) is 0.915. The maximum absolute atomic E-state index is 12.4. The predicted octanol–water partition coefficient (Wildman–Crippen LogP) is 6.21. The van der Waals surface area contributed by atoms with Crippen LogP contribution in [0.15, 0.2) is 93.6 Å². The van der Waals surface area contributed by atoms with Crippen molar-refractivity contribution >= 4 is 28.9 Å². The molecule has 0 aromatic heterocycles. The van der Waals surface area contributed by atoms with E-state index in [9.17, 15) is 4.79 Å². The highest BCUT2D eigenvalue weighted by Gasteiger charge is 2.09. The van der Waals surface area contributed by atoms with E-state index < -0.39 is 0 Å². The Hall–Kier alpha value is -2.85. The van der Waals surface area contributed by atoms with Crippen LogP contribution < -0.4 is 4.74 Å². The third kappa shape index (κ3) is 5.31. The highest BCUT2D eigenvalue weighted by atomic mass is 32.2. The van der Waals surface area contributed by atoms with Crippen molar-refractivity contribution in [1.82, 2.24) is 0 Å². The Morgan fingerprint density at radius 2 is 1.59 bits per heavy atom. The summed E-state index contributed by atoms with van der Waals surface area (Å²) in [6.07, 6.45) is 0.311. The third-order valence-electron chi connectivity index (χ3n) is 3.98. The van der Waals surface area contributed by atoms with Crippen LogP contribution in [-0.4, -0.2) is 18.6 Å². The standard InChI is InChI=1S/C23H21NO2S/c1-17(16-22(25)18-8-4-3-5-9-18)24-21-10-6-7-11-23(21)27-20-14-12-19(26-2)13-15-20/h3-15H,16H2,1-2H3. The molecule has 3 nitrogen and oxygen atoms in total. The Kier molecular flexibility index (Phi) is 6.44. The maximum Gasteiger partial charge on any atom is 0.168 e. The molecule has 0 atom stereocenters. The van der Waals surface area contributed by atoms with Crippen LogP contribution in [-0.2, 0) is 0 Å². The summed E-state index contributed by atoms with van der Waals surface area (Å²) >= 11 is 1.64. The van der Waals surface area contributed by atoms with Crippen LogP contribution in [0.25, 0.3) is 0 Å². The van der Waals surface area contributed by atoms with Crippen LogP contribution in [0.3, 0.4) is 0 Å². The number of ether oxygens (including phenoxy) is 1. The van der Waals surface area contributed by atoms with E-state index in [4.69, 9.17) is 9.73 Å². The van der Waals surface area contributed by atoms with E-state index in [1.165, 1.54) is 0 Å². The molecule has 0 fully saturated rings. The topological polar surface area (TPSA) is 38.7 Å². The van der Waals surface area contributed by atoms with Gasteiger partial charge in [0.25, 0.3) is 0 Å². The molecule has 0 spiro atoms. The molecule has 0 radical (unpaired) electrons. The zero-order valence-corrected chi connectivity index (χ0v) is 16.2. The second-order valence-corrected chi connectivity index (χ2v) is 7.17. The Morgan fingerprint density at radius 1 is 0.926 bits per heavy atom. The fourth-order valence-electron chi connectivity index (χ4n) is 2.61. The zero-order chi connectivity index (χ0) is 19.1.